The number of nitrogens with zero attached hydrogens (tertiary/aromatic N) is 3. The van der Waals surface area contributed by atoms with Crippen molar-refractivity contribution in [3.05, 3.63) is 30.4 Å². The van der Waals surface area contributed by atoms with Crippen molar-refractivity contribution < 1.29 is 22.0 Å². The Morgan fingerprint density at radius 2 is 2.00 bits per heavy atom. The third-order valence-electron chi connectivity index (χ3n) is 4.50. The Balaban J connectivity index is 1.63. The van der Waals surface area contributed by atoms with Gasteiger partial charge in [0, 0.05) is 13.2 Å². The van der Waals surface area contributed by atoms with E-state index in [-0.39, 0.29) is 11.0 Å². The Hall–Kier alpha value is -1.71. The molecule has 2 fully saturated rings. The summed E-state index contributed by atoms with van der Waals surface area (Å²) in [6.45, 7) is 1.11. The van der Waals surface area contributed by atoms with E-state index in [1.807, 2.05) is 0 Å². The van der Waals surface area contributed by atoms with Gasteiger partial charge < -0.3 is 13.6 Å². The van der Waals surface area contributed by atoms with Crippen LogP contribution in [0.4, 0.5) is 0 Å². The molecule has 0 amide bonds. The monoisotopic (exact) mass is 353 g/mol. The molecule has 0 saturated carbocycles. The van der Waals surface area contributed by atoms with Crippen molar-refractivity contribution in [3.63, 3.8) is 0 Å². The molecule has 4 rings (SSSR count). The van der Waals surface area contributed by atoms with Gasteiger partial charge in [0.05, 0.1) is 6.26 Å². The van der Waals surface area contributed by atoms with Crippen LogP contribution < -0.4 is 0 Å². The number of piperidine rings is 1. The fraction of sp³-hybridized carbons (Fsp3) is 0.600. The first-order valence-corrected chi connectivity index (χ1v) is 9.59. The van der Waals surface area contributed by atoms with Crippen LogP contribution in [0.15, 0.2) is 32.3 Å². The number of furan rings is 1. The zero-order valence-corrected chi connectivity index (χ0v) is 13.9. The van der Waals surface area contributed by atoms with Crippen LogP contribution in [0.2, 0.25) is 0 Å². The summed E-state index contributed by atoms with van der Waals surface area (Å²) in [5.41, 5.74) is 0. The van der Waals surface area contributed by atoms with E-state index < -0.39 is 16.1 Å². The van der Waals surface area contributed by atoms with E-state index in [1.54, 1.807) is 0 Å². The summed E-state index contributed by atoms with van der Waals surface area (Å²) in [7, 11) is -3.65. The van der Waals surface area contributed by atoms with Crippen LogP contribution >= 0.6 is 0 Å². The number of rotatable bonds is 4. The van der Waals surface area contributed by atoms with Crippen LogP contribution in [0.3, 0.4) is 0 Å². The molecular weight excluding hydrogens is 334 g/mol. The second-order valence-electron chi connectivity index (χ2n) is 6.07. The third kappa shape index (κ3) is 2.76. The van der Waals surface area contributed by atoms with Crippen LogP contribution in [0, 0.1) is 0 Å². The molecule has 0 spiro atoms. The number of hydrogen-bond acceptors (Lipinski definition) is 7. The van der Waals surface area contributed by atoms with Crippen molar-refractivity contribution >= 4 is 10.0 Å². The Labute approximate surface area is 139 Å². The van der Waals surface area contributed by atoms with E-state index >= 15 is 0 Å². The first-order valence-electron chi connectivity index (χ1n) is 8.15. The van der Waals surface area contributed by atoms with E-state index in [1.165, 1.54) is 22.9 Å². The number of aromatic nitrogens is 2. The lowest BCUT2D eigenvalue weighted by molar-refractivity contribution is 0.0858. The molecule has 0 aliphatic carbocycles. The Morgan fingerprint density at radius 1 is 1.12 bits per heavy atom. The molecule has 2 aliphatic rings. The van der Waals surface area contributed by atoms with Gasteiger partial charge in [-0.1, -0.05) is 6.42 Å². The van der Waals surface area contributed by atoms with Gasteiger partial charge in [0.2, 0.25) is 21.8 Å². The Morgan fingerprint density at radius 3 is 2.75 bits per heavy atom. The van der Waals surface area contributed by atoms with Crippen LogP contribution in [-0.4, -0.2) is 36.1 Å². The highest BCUT2D eigenvalue weighted by Crippen LogP contribution is 2.36. The van der Waals surface area contributed by atoms with Gasteiger partial charge in [-0.15, -0.1) is 10.2 Å². The quantitative estimate of drug-likeness (QED) is 0.832. The fourth-order valence-corrected chi connectivity index (χ4v) is 4.83. The molecule has 4 heterocycles. The molecule has 2 aromatic rings. The van der Waals surface area contributed by atoms with Crippen LogP contribution in [0.1, 0.15) is 56.0 Å². The van der Waals surface area contributed by atoms with Crippen molar-refractivity contribution in [2.45, 2.75) is 49.1 Å². The second kappa shape index (κ2) is 6.30. The van der Waals surface area contributed by atoms with E-state index in [9.17, 15) is 8.42 Å². The van der Waals surface area contributed by atoms with Crippen molar-refractivity contribution in [3.8, 4) is 0 Å². The van der Waals surface area contributed by atoms with Gasteiger partial charge in [0.25, 0.3) is 0 Å². The Bertz CT molecular complexity index is 780. The normalized spacial score (nSPS) is 26.0. The topological polar surface area (TPSA) is 98.7 Å². The summed E-state index contributed by atoms with van der Waals surface area (Å²) in [6.07, 6.45) is 6.62. The standard InChI is InChI=1S/C15H19N3O5S/c19-24(20,11-6-9-21-10-11)18-7-2-1-4-12(18)14-16-17-15(23-14)13-5-3-8-22-13/h6,9-10,12-13H,1-5,7-8H2/t12?,13-/m1/s1. The van der Waals surface area contributed by atoms with Gasteiger partial charge in [0.15, 0.2) is 0 Å². The van der Waals surface area contributed by atoms with Crippen molar-refractivity contribution in [1.29, 1.82) is 0 Å². The lowest BCUT2D eigenvalue weighted by Gasteiger charge is -2.31. The van der Waals surface area contributed by atoms with Gasteiger partial charge in [-0.25, -0.2) is 8.42 Å². The molecule has 2 aliphatic heterocycles. The Kier molecular flexibility index (Phi) is 4.15. The molecule has 2 saturated heterocycles. The van der Waals surface area contributed by atoms with Crippen LogP contribution in [0.25, 0.3) is 0 Å². The third-order valence-corrected chi connectivity index (χ3v) is 6.38. The molecule has 2 atom stereocenters. The van der Waals surface area contributed by atoms with E-state index in [0.717, 1.165) is 25.7 Å². The molecule has 1 unspecified atom stereocenters. The molecular formula is C15H19N3O5S. The highest BCUT2D eigenvalue weighted by molar-refractivity contribution is 7.89. The smallest absolute Gasteiger partial charge is 0.246 e. The minimum Gasteiger partial charge on any atom is -0.471 e. The average Bonchev–Trinajstić information content (AvgIpc) is 3.36. The predicted octanol–water partition coefficient (Wildman–Crippen LogP) is 2.43. The van der Waals surface area contributed by atoms with Crippen molar-refractivity contribution in [2.24, 2.45) is 0 Å². The highest BCUT2D eigenvalue weighted by atomic mass is 32.2. The molecule has 130 valence electrons. The summed E-state index contributed by atoms with van der Waals surface area (Å²) >= 11 is 0. The molecule has 24 heavy (non-hydrogen) atoms. The first kappa shape index (κ1) is 15.8. The predicted molar refractivity (Wildman–Crippen MR) is 81.4 cm³/mol. The van der Waals surface area contributed by atoms with Crippen LogP contribution in [0.5, 0.6) is 0 Å². The van der Waals surface area contributed by atoms with Crippen molar-refractivity contribution in [2.75, 3.05) is 13.2 Å². The second-order valence-corrected chi connectivity index (χ2v) is 7.96. The van der Waals surface area contributed by atoms with E-state index in [4.69, 9.17) is 13.6 Å². The average molecular weight is 353 g/mol. The van der Waals surface area contributed by atoms with Crippen LogP contribution in [-0.2, 0) is 14.8 Å². The summed E-state index contributed by atoms with van der Waals surface area (Å²) in [6, 6.07) is 1.01. The van der Waals surface area contributed by atoms with Crippen molar-refractivity contribution in [1.82, 2.24) is 14.5 Å². The van der Waals surface area contributed by atoms with E-state index in [2.05, 4.69) is 10.2 Å². The van der Waals surface area contributed by atoms with Gasteiger partial charge in [-0.2, -0.15) is 4.31 Å². The summed E-state index contributed by atoms with van der Waals surface area (Å²) in [5.74, 6) is 0.779. The fourth-order valence-electron chi connectivity index (χ4n) is 3.26. The van der Waals surface area contributed by atoms with Gasteiger partial charge >= 0.3 is 0 Å². The molecule has 9 heteroatoms. The largest absolute Gasteiger partial charge is 0.471 e. The molecule has 2 aromatic heterocycles. The maximum absolute atomic E-state index is 12.8. The van der Waals surface area contributed by atoms with Gasteiger partial charge in [0.1, 0.15) is 23.3 Å². The number of sulfonamides is 1. The van der Waals surface area contributed by atoms with E-state index in [0.29, 0.717) is 31.4 Å². The lowest BCUT2D eigenvalue weighted by Crippen LogP contribution is -2.38. The minimum absolute atomic E-state index is 0.147. The molecule has 0 aromatic carbocycles. The minimum atomic E-state index is -3.65. The molecule has 0 bridgehead atoms. The first-order chi connectivity index (χ1) is 11.7. The summed E-state index contributed by atoms with van der Waals surface area (Å²) in [5, 5.41) is 8.17. The molecule has 0 N–H and O–H groups in total. The maximum Gasteiger partial charge on any atom is 0.246 e. The maximum atomic E-state index is 12.8. The lowest BCUT2D eigenvalue weighted by atomic mass is 10.1. The molecule has 0 radical (unpaired) electrons. The SMILES string of the molecule is O=S(=O)(c1ccoc1)N1CCCCC1c1nnc([C@H]2CCCO2)o1. The zero-order chi connectivity index (χ0) is 16.6. The molecule has 8 nitrogen and oxygen atoms in total. The van der Waals surface area contributed by atoms with Gasteiger partial charge in [-0.05, 0) is 31.7 Å². The summed E-state index contributed by atoms with van der Waals surface area (Å²) < 4.78 is 43.4. The van der Waals surface area contributed by atoms with Gasteiger partial charge in [-0.3, -0.25) is 0 Å². The summed E-state index contributed by atoms with van der Waals surface area (Å²) in [4.78, 5) is 0.147. The zero-order valence-electron chi connectivity index (χ0n) is 13.1. The highest BCUT2D eigenvalue weighted by Gasteiger charge is 2.38. The number of hydrogen-bond donors (Lipinski definition) is 0. The number of ether oxygens (including phenoxy) is 1.